The topological polar surface area (TPSA) is 61.7 Å². The van der Waals surface area contributed by atoms with Gasteiger partial charge in [-0.3, -0.25) is 0 Å². The van der Waals surface area contributed by atoms with Crippen LogP contribution in [0.1, 0.15) is 17.0 Å². The van der Waals surface area contributed by atoms with Gasteiger partial charge in [0.25, 0.3) is 0 Å². The van der Waals surface area contributed by atoms with E-state index < -0.39 is 5.82 Å². The van der Waals surface area contributed by atoms with Crippen LogP contribution in [0.4, 0.5) is 8.78 Å². The van der Waals surface area contributed by atoms with Gasteiger partial charge in [-0.15, -0.1) is 0 Å². The predicted octanol–water partition coefficient (Wildman–Crippen LogP) is 6.25. The molecule has 0 aliphatic carbocycles. The smallest absolute Gasteiger partial charge is 0.149 e. The molecule has 7 heteroatoms. The molecule has 4 aromatic rings. The highest BCUT2D eigenvalue weighted by Crippen LogP contribution is 2.29. The van der Waals surface area contributed by atoms with E-state index in [1.165, 1.54) is 18.2 Å². The number of nitrogens with one attached hydrogen (secondary N) is 1. The van der Waals surface area contributed by atoms with Crippen LogP contribution < -0.4 is 4.74 Å². The molecule has 0 fully saturated rings. The molecule has 1 aromatic heterocycles. The van der Waals surface area contributed by atoms with E-state index in [1.54, 1.807) is 48.5 Å². The van der Waals surface area contributed by atoms with Crippen molar-refractivity contribution in [2.24, 2.45) is 0 Å². The molecule has 0 saturated heterocycles. The van der Waals surface area contributed by atoms with Crippen LogP contribution in [0.5, 0.6) is 5.75 Å². The van der Waals surface area contributed by atoms with E-state index >= 15 is 0 Å². The molecule has 0 aliphatic rings. The highest BCUT2D eigenvalue weighted by atomic mass is 79.9. The lowest BCUT2D eigenvalue weighted by Crippen LogP contribution is -1.99. The summed E-state index contributed by atoms with van der Waals surface area (Å²) in [6, 6.07) is 18.0. The first-order valence-electron chi connectivity index (χ1n) is 8.96. The number of nitrogens with zero attached hydrogens (tertiary/aromatic N) is 2. The standard InChI is InChI=1S/C23H14BrF2N3O/c24-17-5-8-22(30-13-14-3-1-2-4-19(14)26)15(10-17)9-16(12-27)23-28-20-7-6-18(25)11-21(20)29-23/h1-11H,13H2,(H,28,29)/b16-9-. The second-order valence-electron chi connectivity index (χ2n) is 6.48. The Balaban J connectivity index is 1.69. The van der Waals surface area contributed by atoms with Crippen LogP contribution in [0.25, 0.3) is 22.7 Å². The minimum absolute atomic E-state index is 0.0426. The van der Waals surface area contributed by atoms with Crippen LogP contribution in [0.3, 0.4) is 0 Å². The zero-order valence-corrected chi connectivity index (χ0v) is 17.1. The van der Waals surface area contributed by atoms with Crippen molar-refractivity contribution in [3.63, 3.8) is 0 Å². The van der Waals surface area contributed by atoms with Crippen LogP contribution in [0.2, 0.25) is 0 Å². The summed E-state index contributed by atoms with van der Waals surface area (Å²) in [5.41, 5.74) is 2.34. The maximum atomic E-state index is 13.9. The number of halogens is 3. The van der Waals surface area contributed by atoms with Gasteiger partial charge in [-0.2, -0.15) is 5.26 Å². The first kappa shape index (κ1) is 19.8. The molecule has 1 N–H and O–H groups in total. The molecule has 4 rings (SSSR count). The van der Waals surface area contributed by atoms with Crippen LogP contribution in [-0.4, -0.2) is 9.97 Å². The van der Waals surface area contributed by atoms with Crippen molar-refractivity contribution in [2.45, 2.75) is 6.61 Å². The van der Waals surface area contributed by atoms with Gasteiger partial charge in [0.15, 0.2) is 0 Å². The number of rotatable bonds is 5. The van der Waals surface area contributed by atoms with Crippen LogP contribution in [-0.2, 0) is 6.61 Å². The lowest BCUT2D eigenvalue weighted by molar-refractivity contribution is 0.299. The number of hydrogen-bond acceptors (Lipinski definition) is 3. The van der Waals surface area contributed by atoms with Gasteiger partial charge in [0.2, 0.25) is 0 Å². The van der Waals surface area contributed by atoms with Gasteiger partial charge in [-0.1, -0.05) is 34.1 Å². The van der Waals surface area contributed by atoms with Crippen molar-refractivity contribution in [3.05, 3.63) is 93.7 Å². The molecule has 0 amide bonds. The minimum atomic E-state index is -0.393. The molecular formula is C23H14BrF2N3O. The van der Waals surface area contributed by atoms with Gasteiger partial charge in [0.05, 0.1) is 16.6 Å². The number of ether oxygens (including phenoxy) is 1. The van der Waals surface area contributed by atoms with Crippen molar-refractivity contribution >= 4 is 38.6 Å². The summed E-state index contributed by atoms with van der Waals surface area (Å²) >= 11 is 3.42. The molecule has 0 spiro atoms. The number of nitriles is 1. The largest absolute Gasteiger partial charge is 0.488 e. The van der Waals surface area contributed by atoms with Crippen LogP contribution >= 0.6 is 15.9 Å². The lowest BCUT2D eigenvalue weighted by atomic mass is 10.1. The minimum Gasteiger partial charge on any atom is -0.488 e. The van der Waals surface area contributed by atoms with Crippen molar-refractivity contribution in [2.75, 3.05) is 0 Å². The summed E-state index contributed by atoms with van der Waals surface area (Å²) in [7, 11) is 0. The van der Waals surface area contributed by atoms with Crippen molar-refractivity contribution in [1.82, 2.24) is 9.97 Å². The lowest BCUT2D eigenvalue weighted by Gasteiger charge is -2.11. The van der Waals surface area contributed by atoms with Gasteiger partial charge in [-0.25, -0.2) is 13.8 Å². The third kappa shape index (κ3) is 4.24. The number of imidazole rings is 1. The Kier molecular flexibility index (Phi) is 5.59. The Labute approximate surface area is 179 Å². The van der Waals surface area contributed by atoms with E-state index in [1.807, 2.05) is 0 Å². The van der Waals surface area contributed by atoms with Gasteiger partial charge >= 0.3 is 0 Å². The summed E-state index contributed by atoms with van der Waals surface area (Å²) in [5, 5.41) is 9.67. The number of benzene rings is 3. The Morgan fingerprint density at radius 3 is 2.77 bits per heavy atom. The van der Waals surface area contributed by atoms with Gasteiger partial charge in [0.1, 0.15) is 35.9 Å². The fraction of sp³-hybridized carbons (Fsp3) is 0.0435. The molecule has 1 heterocycles. The SMILES string of the molecule is N#C/C(=C/c1cc(Br)ccc1OCc1ccccc1F)c1nc2ccc(F)cc2[nH]1. The van der Waals surface area contributed by atoms with Crippen LogP contribution in [0, 0.1) is 23.0 Å². The zero-order valence-electron chi connectivity index (χ0n) is 15.5. The van der Waals surface area contributed by atoms with Crippen LogP contribution in [0.15, 0.2) is 65.1 Å². The average Bonchev–Trinajstić information content (AvgIpc) is 3.15. The van der Waals surface area contributed by atoms with E-state index in [0.717, 1.165) is 4.47 Å². The van der Waals surface area contributed by atoms with Gasteiger partial charge in [0, 0.05) is 15.6 Å². The molecule has 0 saturated carbocycles. The van der Waals surface area contributed by atoms with Crippen molar-refractivity contribution < 1.29 is 13.5 Å². The quantitative estimate of drug-likeness (QED) is 0.354. The van der Waals surface area contributed by atoms with E-state index in [2.05, 4.69) is 32.0 Å². The van der Waals surface area contributed by atoms with E-state index in [0.29, 0.717) is 33.7 Å². The number of H-pyrrole nitrogens is 1. The summed E-state index contributed by atoms with van der Waals surface area (Å²) in [6.45, 7) is 0.0426. The molecule has 0 atom stereocenters. The number of allylic oxidation sites excluding steroid dienone is 1. The van der Waals surface area contributed by atoms with Gasteiger partial charge in [-0.05, 0) is 48.5 Å². The molecule has 0 aliphatic heterocycles. The molecule has 3 aromatic carbocycles. The summed E-state index contributed by atoms with van der Waals surface area (Å²) in [6.07, 6.45) is 1.62. The fourth-order valence-corrected chi connectivity index (χ4v) is 3.33. The summed E-state index contributed by atoms with van der Waals surface area (Å²) < 4.78 is 33.9. The van der Waals surface area contributed by atoms with Crippen molar-refractivity contribution in [1.29, 1.82) is 5.26 Å². The predicted molar refractivity (Wildman–Crippen MR) is 114 cm³/mol. The fourth-order valence-electron chi connectivity index (χ4n) is 2.95. The summed E-state index contributed by atoms with van der Waals surface area (Å²) in [4.78, 5) is 7.33. The Hall–Kier alpha value is -3.50. The average molecular weight is 466 g/mol. The van der Waals surface area contributed by atoms with Gasteiger partial charge < -0.3 is 9.72 Å². The highest BCUT2D eigenvalue weighted by molar-refractivity contribution is 9.10. The third-order valence-electron chi connectivity index (χ3n) is 4.43. The normalized spacial score (nSPS) is 11.5. The van der Waals surface area contributed by atoms with E-state index in [9.17, 15) is 14.0 Å². The Morgan fingerprint density at radius 1 is 1.13 bits per heavy atom. The second-order valence-corrected chi connectivity index (χ2v) is 7.39. The summed E-state index contributed by atoms with van der Waals surface area (Å²) in [5.74, 6) is 0.0596. The maximum Gasteiger partial charge on any atom is 0.149 e. The zero-order chi connectivity index (χ0) is 21.1. The molecular weight excluding hydrogens is 452 g/mol. The number of hydrogen-bond donors (Lipinski definition) is 1. The maximum absolute atomic E-state index is 13.9. The third-order valence-corrected chi connectivity index (χ3v) is 4.93. The molecule has 30 heavy (non-hydrogen) atoms. The van der Waals surface area contributed by atoms with E-state index in [4.69, 9.17) is 4.74 Å². The molecule has 0 bridgehead atoms. The number of fused-ring (bicyclic) bond motifs is 1. The Bertz CT molecular complexity index is 1310. The molecule has 4 nitrogen and oxygen atoms in total. The van der Waals surface area contributed by atoms with Crippen molar-refractivity contribution in [3.8, 4) is 11.8 Å². The first-order chi connectivity index (χ1) is 14.5. The first-order valence-corrected chi connectivity index (χ1v) is 9.76. The molecule has 0 radical (unpaired) electrons. The monoisotopic (exact) mass is 465 g/mol. The molecule has 148 valence electrons. The molecule has 0 unspecified atom stereocenters. The Morgan fingerprint density at radius 2 is 1.97 bits per heavy atom. The van der Waals surface area contributed by atoms with E-state index in [-0.39, 0.29) is 18.0 Å². The number of aromatic amines is 1. The highest BCUT2D eigenvalue weighted by Gasteiger charge is 2.12. The number of aromatic nitrogens is 2. The second kappa shape index (κ2) is 8.47.